The second kappa shape index (κ2) is 8.19. The number of hydrogen-bond acceptors (Lipinski definition) is 5. The highest BCUT2D eigenvalue weighted by molar-refractivity contribution is 6.38. The predicted molar refractivity (Wildman–Crippen MR) is 77.4 cm³/mol. The summed E-state index contributed by atoms with van der Waals surface area (Å²) in [5.74, 6) is -1.14. The molecule has 0 aliphatic heterocycles. The van der Waals surface area contributed by atoms with Crippen LogP contribution < -0.4 is 4.74 Å². The fourth-order valence-corrected chi connectivity index (χ4v) is 1.53. The van der Waals surface area contributed by atoms with Crippen molar-refractivity contribution < 1.29 is 23.9 Å². The van der Waals surface area contributed by atoms with E-state index in [1.54, 1.807) is 31.2 Å². The number of Topliss-reactive ketones (excluding diaryl/α,β-unsaturated/α-hetero) is 2. The Morgan fingerprint density at radius 1 is 1.10 bits per heavy atom. The summed E-state index contributed by atoms with van der Waals surface area (Å²) in [6.45, 7) is 6.38. The number of esters is 1. The van der Waals surface area contributed by atoms with Gasteiger partial charge in [0.1, 0.15) is 5.75 Å². The fourth-order valence-electron chi connectivity index (χ4n) is 1.53. The van der Waals surface area contributed by atoms with Crippen LogP contribution in [0, 0.1) is 5.92 Å². The van der Waals surface area contributed by atoms with Gasteiger partial charge in [0.25, 0.3) is 0 Å². The molecular formula is C16H20O5. The highest BCUT2D eigenvalue weighted by atomic mass is 16.5. The van der Waals surface area contributed by atoms with Gasteiger partial charge in [0.05, 0.1) is 19.6 Å². The van der Waals surface area contributed by atoms with Crippen LogP contribution in [-0.2, 0) is 14.3 Å². The number of carbonyl (C=O) groups is 3. The maximum Gasteiger partial charge on any atom is 0.375 e. The number of ether oxygens (including phenoxy) is 2. The van der Waals surface area contributed by atoms with Crippen molar-refractivity contribution in [1.82, 2.24) is 0 Å². The molecule has 0 unspecified atom stereocenters. The molecule has 0 saturated carbocycles. The molecule has 114 valence electrons. The number of rotatable bonds is 8. The maximum atomic E-state index is 11.9. The van der Waals surface area contributed by atoms with Crippen molar-refractivity contribution in [3.63, 3.8) is 0 Å². The van der Waals surface area contributed by atoms with E-state index in [4.69, 9.17) is 4.74 Å². The van der Waals surface area contributed by atoms with Gasteiger partial charge in [0.15, 0.2) is 5.78 Å². The monoisotopic (exact) mass is 292 g/mol. The molecule has 5 heteroatoms. The molecule has 0 bridgehead atoms. The van der Waals surface area contributed by atoms with Gasteiger partial charge < -0.3 is 9.47 Å². The van der Waals surface area contributed by atoms with Crippen LogP contribution in [0.3, 0.4) is 0 Å². The van der Waals surface area contributed by atoms with Gasteiger partial charge in [-0.05, 0) is 37.1 Å². The highest BCUT2D eigenvalue weighted by Gasteiger charge is 2.19. The largest absolute Gasteiger partial charge is 0.493 e. The molecule has 0 aliphatic rings. The topological polar surface area (TPSA) is 69.7 Å². The molecule has 21 heavy (non-hydrogen) atoms. The summed E-state index contributed by atoms with van der Waals surface area (Å²) in [7, 11) is 0. The molecule has 1 aromatic rings. The van der Waals surface area contributed by atoms with Crippen molar-refractivity contribution in [3.8, 4) is 5.75 Å². The molecule has 0 atom stereocenters. The molecule has 1 aromatic carbocycles. The molecule has 0 aromatic heterocycles. The Morgan fingerprint density at radius 2 is 1.71 bits per heavy atom. The van der Waals surface area contributed by atoms with Crippen molar-refractivity contribution >= 4 is 17.5 Å². The number of hydrogen-bond donors (Lipinski definition) is 0. The molecule has 0 saturated heterocycles. The number of benzene rings is 1. The van der Waals surface area contributed by atoms with E-state index in [1.165, 1.54) is 0 Å². The molecule has 0 N–H and O–H groups in total. The summed E-state index contributed by atoms with van der Waals surface area (Å²) in [6, 6.07) is 6.50. The first-order chi connectivity index (χ1) is 9.93. The van der Waals surface area contributed by atoms with E-state index in [0.717, 1.165) is 0 Å². The summed E-state index contributed by atoms with van der Waals surface area (Å²) in [5, 5.41) is 0. The first-order valence-electron chi connectivity index (χ1n) is 6.90. The first kappa shape index (κ1) is 16.9. The zero-order valence-corrected chi connectivity index (χ0v) is 12.5. The average Bonchev–Trinajstić information content (AvgIpc) is 2.45. The van der Waals surface area contributed by atoms with Crippen LogP contribution in [-0.4, -0.2) is 30.7 Å². The van der Waals surface area contributed by atoms with Crippen molar-refractivity contribution in [2.75, 3.05) is 13.2 Å². The maximum absolute atomic E-state index is 11.9. The lowest BCUT2D eigenvalue weighted by atomic mass is 10.1. The van der Waals surface area contributed by atoms with Crippen molar-refractivity contribution in [2.24, 2.45) is 5.92 Å². The van der Waals surface area contributed by atoms with Crippen LogP contribution in [0.1, 0.15) is 37.6 Å². The number of ketones is 2. The van der Waals surface area contributed by atoms with Crippen molar-refractivity contribution in [1.29, 1.82) is 0 Å². The van der Waals surface area contributed by atoms with Crippen LogP contribution in [0.25, 0.3) is 0 Å². The molecular weight excluding hydrogens is 272 g/mol. The Labute approximate surface area is 124 Å². The van der Waals surface area contributed by atoms with Crippen LogP contribution >= 0.6 is 0 Å². The van der Waals surface area contributed by atoms with Crippen LogP contribution in [0.15, 0.2) is 24.3 Å². The van der Waals surface area contributed by atoms with Crippen molar-refractivity contribution in [2.45, 2.75) is 27.2 Å². The molecule has 0 spiro atoms. The van der Waals surface area contributed by atoms with Gasteiger partial charge in [-0.15, -0.1) is 0 Å². The standard InChI is InChI=1S/C16H20O5/c1-4-20-16(19)15(18)9-14(17)12-5-7-13(8-6-12)21-10-11(2)3/h5-8,11H,4,9-10H2,1-3H3. The van der Waals surface area contributed by atoms with Crippen LogP contribution in [0.2, 0.25) is 0 Å². The van der Waals surface area contributed by atoms with Gasteiger partial charge in [0, 0.05) is 5.56 Å². The van der Waals surface area contributed by atoms with E-state index in [-0.39, 0.29) is 6.61 Å². The molecule has 5 nitrogen and oxygen atoms in total. The second-order valence-corrected chi connectivity index (χ2v) is 4.97. The summed E-state index contributed by atoms with van der Waals surface area (Å²) >= 11 is 0. The van der Waals surface area contributed by atoms with Crippen molar-refractivity contribution in [3.05, 3.63) is 29.8 Å². The Morgan fingerprint density at radius 3 is 2.24 bits per heavy atom. The molecule has 0 fully saturated rings. The predicted octanol–water partition coefficient (Wildman–Crippen LogP) is 2.43. The third-order valence-corrected chi connectivity index (χ3v) is 2.58. The second-order valence-electron chi connectivity index (χ2n) is 4.97. The Balaban J connectivity index is 2.59. The van der Waals surface area contributed by atoms with Gasteiger partial charge in [-0.1, -0.05) is 13.8 Å². The zero-order chi connectivity index (χ0) is 15.8. The number of carbonyl (C=O) groups excluding carboxylic acids is 3. The van der Waals surface area contributed by atoms with Gasteiger partial charge in [0.2, 0.25) is 5.78 Å². The zero-order valence-electron chi connectivity index (χ0n) is 12.5. The van der Waals surface area contributed by atoms with Gasteiger partial charge in [-0.25, -0.2) is 4.79 Å². The third-order valence-electron chi connectivity index (χ3n) is 2.58. The first-order valence-corrected chi connectivity index (χ1v) is 6.90. The minimum Gasteiger partial charge on any atom is -0.493 e. The lowest BCUT2D eigenvalue weighted by Crippen LogP contribution is -2.20. The molecule has 0 aliphatic carbocycles. The van der Waals surface area contributed by atoms with E-state index in [2.05, 4.69) is 4.74 Å². The van der Waals surface area contributed by atoms with Gasteiger partial charge >= 0.3 is 5.97 Å². The molecule has 0 heterocycles. The summed E-state index contributed by atoms with van der Waals surface area (Å²) in [5.41, 5.74) is 0.365. The third kappa shape index (κ3) is 5.77. The smallest absolute Gasteiger partial charge is 0.375 e. The van der Waals surface area contributed by atoms with E-state index >= 15 is 0 Å². The Hall–Kier alpha value is -2.17. The minimum absolute atomic E-state index is 0.112. The Kier molecular flexibility index (Phi) is 6.59. The SMILES string of the molecule is CCOC(=O)C(=O)CC(=O)c1ccc(OCC(C)C)cc1. The van der Waals surface area contributed by atoms with E-state index in [9.17, 15) is 14.4 Å². The molecule has 0 amide bonds. The lowest BCUT2D eigenvalue weighted by Gasteiger charge is -2.08. The summed E-state index contributed by atoms with van der Waals surface area (Å²) in [6.07, 6.45) is -0.481. The van der Waals surface area contributed by atoms with E-state index in [1.807, 2.05) is 13.8 Å². The van der Waals surface area contributed by atoms with Gasteiger partial charge in [-0.2, -0.15) is 0 Å². The van der Waals surface area contributed by atoms with Crippen LogP contribution in [0.5, 0.6) is 5.75 Å². The molecule has 0 radical (unpaired) electrons. The average molecular weight is 292 g/mol. The van der Waals surface area contributed by atoms with Gasteiger partial charge in [-0.3, -0.25) is 9.59 Å². The van der Waals surface area contributed by atoms with E-state index < -0.39 is 24.0 Å². The highest BCUT2D eigenvalue weighted by Crippen LogP contribution is 2.14. The minimum atomic E-state index is -0.970. The van der Waals surface area contributed by atoms with Crippen LogP contribution in [0.4, 0.5) is 0 Å². The normalized spacial score (nSPS) is 10.3. The summed E-state index contributed by atoms with van der Waals surface area (Å²) in [4.78, 5) is 34.5. The summed E-state index contributed by atoms with van der Waals surface area (Å²) < 4.78 is 10.1. The lowest BCUT2D eigenvalue weighted by molar-refractivity contribution is -0.153. The quantitative estimate of drug-likeness (QED) is 0.318. The van der Waals surface area contributed by atoms with E-state index in [0.29, 0.717) is 23.8 Å². The Bertz CT molecular complexity index is 502. The molecule has 1 rings (SSSR count). The fraction of sp³-hybridized carbons (Fsp3) is 0.438.